The first-order chi connectivity index (χ1) is 11.7. The van der Waals surface area contributed by atoms with E-state index in [0.29, 0.717) is 18.3 Å². The maximum atomic E-state index is 11.8. The number of aromatic nitrogens is 2. The van der Waals surface area contributed by atoms with Crippen LogP contribution in [-0.4, -0.2) is 36.6 Å². The van der Waals surface area contributed by atoms with E-state index >= 15 is 0 Å². The molecule has 1 aromatic carbocycles. The molecular formula is C17H21N3O4. The van der Waals surface area contributed by atoms with Crippen molar-refractivity contribution in [1.29, 1.82) is 0 Å². The van der Waals surface area contributed by atoms with Crippen LogP contribution in [0.25, 0.3) is 11.4 Å². The van der Waals surface area contributed by atoms with Gasteiger partial charge in [-0.05, 0) is 30.0 Å². The molecule has 1 aromatic heterocycles. The monoisotopic (exact) mass is 331 g/mol. The molecule has 2 aromatic rings. The lowest BCUT2D eigenvalue weighted by Gasteiger charge is -2.14. The summed E-state index contributed by atoms with van der Waals surface area (Å²) in [6.07, 6.45) is 2.05. The van der Waals surface area contributed by atoms with Crippen molar-refractivity contribution in [1.82, 2.24) is 15.5 Å². The van der Waals surface area contributed by atoms with Gasteiger partial charge in [-0.2, -0.15) is 4.98 Å². The fraction of sp³-hybridized carbons (Fsp3) is 0.471. The first kappa shape index (κ1) is 16.4. The van der Waals surface area contributed by atoms with Gasteiger partial charge in [0.1, 0.15) is 6.61 Å². The van der Waals surface area contributed by atoms with Gasteiger partial charge in [0.2, 0.25) is 11.7 Å². The topological polar surface area (TPSA) is 86.5 Å². The summed E-state index contributed by atoms with van der Waals surface area (Å²) in [5.74, 6) is 1.23. The average Bonchev–Trinajstić information content (AvgIpc) is 3.22. The SMILES string of the molecule is CCc1nc(-c2ccc3c(c2)CC[C@H]3NC(=O)OCCOC)no1. The number of carbonyl (C=O) groups excluding carboxylic acids is 1. The van der Waals surface area contributed by atoms with Crippen LogP contribution in [0.5, 0.6) is 0 Å². The molecular weight excluding hydrogens is 310 g/mol. The lowest BCUT2D eigenvalue weighted by Crippen LogP contribution is -2.28. The van der Waals surface area contributed by atoms with Gasteiger partial charge in [0, 0.05) is 19.1 Å². The molecule has 7 heteroatoms. The van der Waals surface area contributed by atoms with Crippen LogP contribution in [0.15, 0.2) is 22.7 Å². The van der Waals surface area contributed by atoms with Gasteiger partial charge in [-0.3, -0.25) is 0 Å². The molecule has 1 aliphatic carbocycles. The molecule has 0 aliphatic heterocycles. The quantitative estimate of drug-likeness (QED) is 0.819. The number of rotatable bonds is 6. The minimum absolute atomic E-state index is 0.0273. The van der Waals surface area contributed by atoms with Crippen LogP contribution in [0.2, 0.25) is 0 Å². The second-order valence-corrected chi connectivity index (χ2v) is 5.64. The predicted molar refractivity (Wildman–Crippen MR) is 86.5 cm³/mol. The van der Waals surface area contributed by atoms with E-state index in [1.807, 2.05) is 19.1 Å². The molecule has 0 fully saturated rings. The van der Waals surface area contributed by atoms with Crippen molar-refractivity contribution in [2.24, 2.45) is 0 Å². The van der Waals surface area contributed by atoms with Crippen molar-refractivity contribution in [3.8, 4) is 11.4 Å². The number of methoxy groups -OCH3 is 1. The van der Waals surface area contributed by atoms with Crippen molar-refractivity contribution in [2.75, 3.05) is 20.3 Å². The van der Waals surface area contributed by atoms with Crippen LogP contribution in [0.1, 0.15) is 36.4 Å². The summed E-state index contributed by atoms with van der Waals surface area (Å²) in [5.41, 5.74) is 3.24. The van der Waals surface area contributed by atoms with Crippen LogP contribution in [0.3, 0.4) is 0 Å². The molecule has 1 N–H and O–H groups in total. The molecule has 3 rings (SSSR count). The Balaban J connectivity index is 1.68. The van der Waals surface area contributed by atoms with Gasteiger partial charge < -0.3 is 19.3 Å². The highest BCUT2D eigenvalue weighted by molar-refractivity contribution is 5.68. The van der Waals surface area contributed by atoms with E-state index in [-0.39, 0.29) is 12.6 Å². The molecule has 1 atom stereocenters. The molecule has 0 radical (unpaired) electrons. The van der Waals surface area contributed by atoms with Crippen LogP contribution in [0, 0.1) is 0 Å². The smallest absolute Gasteiger partial charge is 0.407 e. The van der Waals surface area contributed by atoms with Crippen molar-refractivity contribution < 1.29 is 18.8 Å². The van der Waals surface area contributed by atoms with Crippen LogP contribution >= 0.6 is 0 Å². The number of fused-ring (bicyclic) bond motifs is 1. The van der Waals surface area contributed by atoms with Crippen molar-refractivity contribution in [2.45, 2.75) is 32.2 Å². The van der Waals surface area contributed by atoms with Crippen LogP contribution < -0.4 is 5.32 Å². The van der Waals surface area contributed by atoms with Gasteiger partial charge >= 0.3 is 6.09 Å². The standard InChI is InChI=1S/C17H21N3O4/c1-3-15-19-16(20-24-15)12-4-6-13-11(10-12)5-7-14(13)18-17(21)23-9-8-22-2/h4,6,10,14H,3,5,7-9H2,1-2H3,(H,18,21)/t14-/m1/s1. The number of hydrogen-bond donors (Lipinski definition) is 1. The number of alkyl carbamates (subject to hydrolysis) is 1. The fourth-order valence-electron chi connectivity index (χ4n) is 2.82. The Morgan fingerprint density at radius 1 is 1.42 bits per heavy atom. The second-order valence-electron chi connectivity index (χ2n) is 5.64. The Morgan fingerprint density at radius 2 is 2.29 bits per heavy atom. The number of aryl methyl sites for hydroxylation is 2. The molecule has 128 valence electrons. The summed E-state index contributed by atoms with van der Waals surface area (Å²) in [6, 6.07) is 6.01. The maximum absolute atomic E-state index is 11.8. The second kappa shape index (κ2) is 7.44. The van der Waals surface area contributed by atoms with Gasteiger partial charge in [-0.1, -0.05) is 24.2 Å². The highest BCUT2D eigenvalue weighted by Gasteiger charge is 2.25. The zero-order valence-corrected chi connectivity index (χ0v) is 13.9. The van der Waals surface area contributed by atoms with Crippen molar-refractivity contribution in [3.05, 3.63) is 35.2 Å². The molecule has 1 aliphatic rings. The third-order valence-electron chi connectivity index (χ3n) is 4.06. The normalized spacial score (nSPS) is 16.0. The molecule has 0 saturated heterocycles. The number of amides is 1. The lowest BCUT2D eigenvalue weighted by atomic mass is 10.0. The first-order valence-corrected chi connectivity index (χ1v) is 8.09. The van der Waals surface area contributed by atoms with Crippen LogP contribution in [0.4, 0.5) is 4.79 Å². The largest absolute Gasteiger partial charge is 0.447 e. The minimum Gasteiger partial charge on any atom is -0.447 e. The first-order valence-electron chi connectivity index (χ1n) is 8.09. The number of hydrogen-bond acceptors (Lipinski definition) is 6. The van der Waals surface area contributed by atoms with E-state index in [1.54, 1.807) is 7.11 Å². The van der Waals surface area contributed by atoms with Gasteiger partial charge in [0.25, 0.3) is 0 Å². The lowest BCUT2D eigenvalue weighted by molar-refractivity contribution is 0.0964. The number of ether oxygens (including phenoxy) is 2. The Morgan fingerprint density at radius 3 is 3.04 bits per heavy atom. The molecule has 24 heavy (non-hydrogen) atoms. The zero-order valence-electron chi connectivity index (χ0n) is 13.9. The summed E-state index contributed by atoms with van der Waals surface area (Å²) < 4.78 is 15.1. The summed E-state index contributed by atoms with van der Waals surface area (Å²) in [5, 5.41) is 6.90. The van der Waals surface area contributed by atoms with E-state index in [0.717, 1.165) is 30.4 Å². The predicted octanol–water partition coefficient (Wildman–Crippen LogP) is 2.66. The van der Waals surface area contributed by atoms with Gasteiger partial charge in [0.15, 0.2) is 0 Å². The Kier molecular flexibility index (Phi) is 5.10. The maximum Gasteiger partial charge on any atom is 0.407 e. The molecule has 0 bridgehead atoms. The highest BCUT2D eigenvalue weighted by Crippen LogP contribution is 2.33. The number of nitrogens with zero attached hydrogens (tertiary/aromatic N) is 2. The fourth-order valence-corrected chi connectivity index (χ4v) is 2.82. The third kappa shape index (κ3) is 3.56. The Bertz CT molecular complexity index is 714. The van der Waals surface area contributed by atoms with E-state index in [9.17, 15) is 4.79 Å². The molecule has 1 heterocycles. The van der Waals surface area contributed by atoms with Gasteiger partial charge in [-0.25, -0.2) is 4.79 Å². The minimum atomic E-state index is -0.417. The number of nitrogens with one attached hydrogen (secondary N) is 1. The summed E-state index contributed by atoms with van der Waals surface area (Å²) in [7, 11) is 1.57. The number of carbonyl (C=O) groups is 1. The summed E-state index contributed by atoms with van der Waals surface area (Å²) in [4.78, 5) is 16.1. The zero-order chi connectivity index (χ0) is 16.9. The average molecular weight is 331 g/mol. The Hall–Kier alpha value is -2.41. The molecule has 0 saturated carbocycles. The van der Waals surface area contributed by atoms with E-state index in [2.05, 4.69) is 21.5 Å². The Labute approximate surface area is 140 Å². The molecule has 0 unspecified atom stereocenters. The molecule has 1 amide bonds. The summed E-state index contributed by atoms with van der Waals surface area (Å²) >= 11 is 0. The van der Waals surface area contributed by atoms with E-state index < -0.39 is 6.09 Å². The number of benzene rings is 1. The molecule has 0 spiro atoms. The van der Waals surface area contributed by atoms with Crippen molar-refractivity contribution >= 4 is 6.09 Å². The van der Waals surface area contributed by atoms with Gasteiger partial charge in [0.05, 0.1) is 12.6 Å². The van der Waals surface area contributed by atoms with E-state index in [4.69, 9.17) is 14.0 Å². The molecule has 7 nitrogen and oxygen atoms in total. The highest BCUT2D eigenvalue weighted by atomic mass is 16.6. The third-order valence-corrected chi connectivity index (χ3v) is 4.06. The van der Waals surface area contributed by atoms with Crippen LogP contribution in [-0.2, 0) is 22.3 Å². The van der Waals surface area contributed by atoms with E-state index in [1.165, 1.54) is 5.56 Å². The van der Waals surface area contributed by atoms with Crippen molar-refractivity contribution in [3.63, 3.8) is 0 Å². The van der Waals surface area contributed by atoms with Gasteiger partial charge in [-0.15, -0.1) is 0 Å². The summed E-state index contributed by atoms with van der Waals surface area (Å²) in [6.45, 7) is 2.61.